The molecule has 0 atom stereocenters. The molecule has 3 nitrogen and oxygen atoms in total. The molecular weight excluding hydrogens is 333 g/mol. The molecule has 1 heterocycles. The molecule has 0 bridgehead atoms. The molecule has 2 aromatic rings. The van der Waals surface area contributed by atoms with Gasteiger partial charge in [-0.3, -0.25) is 0 Å². The maximum atomic E-state index is 14.1. The molecule has 1 aromatic carbocycles. The zero-order valence-electron chi connectivity index (χ0n) is 11.9. The van der Waals surface area contributed by atoms with Gasteiger partial charge in [0.15, 0.2) is 0 Å². The molecule has 1 aliphatic carbocycles. The van der Waals surface area contributed by atoms with Crippen molar-refractivity contribution < 1.29 is 4.39 Å². The fraction of sp³-hybridized carbons (Fsp3) is 0.375. The first kappa shape index (κ1) is 14.4. The molecule has 3 rings (SSSR count). The summed E-state index contributed by atoms with van der Waals surface area (Å²) in [5.74, 6) is 1.77. The fourth-order valence-corrected chi connectivity index (χ4v) is 2.53. The zero-order chi connectivity index (χ0) is 14.8. The van der Waals surface area contributed by atoms with Crippen LogP contribution in [-0.4, -0.2) is 16.5 Å². The van der Waals surface area contributed by atoms with Gasteiger partial charge in [-0.2, -0.15) is 0 Å². The van der Waals surface area contributed by atoms with E-state index in [-0.39, 0.29) is 5.82 Å². The Morgan fingerprint density at radius 3 is 2.81 bits per heavy atom. The third-order valence-corrected chi connectivity index (χ3v) is 3.94. The third kappa shape index (κ3) is 3.40. The van der Waals surface area contributed by atoms with Crippen molar-refractivity contribution in [1.82, 2.24) is 9.97 Å². The number of nitrogens with one attached hydrogen (secondary N) is 1. The van der Waals surface area contributed by atoms with Gasteiger partial charge in [-0.05, 0) is 37.5 Å². The van der Waals surface area contributed by atoms with E-state index in [0.717, 1.165) is 41.9 Å². The summed E-state index contributed by atoms with van der Waals surface area (Å²) < 4.78 is 14.9. The minimum Gasteiger partial charge on any atom is -0.370 e. The monoisotopic (exact) mass is 349 g/mol. The maximum absolute atomic E-state index is 14.1. The highest BCUT2D eigenvalue weighted by Crippen LogP contribution is 2.39. The minimum absolute atomic E-state index is 0.264. The van der Waals surface area contributed by atoms with Crippen LogP contribution in [0.25, 0.3) is 11.3 Å². The van der Waals surface area contributed by atoms with Gasteiger partial charge in [-0.1, -0.05) is 22.9 Å². The van der Waals surface area contributed by atoms with Crippen LogP contribution in [0.1, 0.15) is 37.9 Å². The summed E-state index contributed by atoms with van der Waals surface area (Å²) in [7, 11) is 0. The Morgan fingerprint density at radius 2 is 2.10 bits per heavy atom. The van der Waals surface area contributed by atoms with E-state index < -0.39 is 0 Å². The van der Waals surface area contributed by atoms with E-state index in [2.05, 4.69) is 38.1 Å². The van der Waals surface area contributed by atoms with Crippen LogP contribution in [0, 0.1) is 5.82 Å². The number of rotatable bonds is 5. The predicted octanol–water partition coefficient (Wildman–Crippen LogP) is 4.74. The number of hydrogen-bond acceptors (Lipinski definition) is 3. The normalized spacial score (nSPS) is 14.2. The van der Waals surface area contributed by atoms with Crippen molar-refractivity contribution in [2.24, 2.45) is 0 Å². The van der Waals surface area contributed by atoms with Crippen LogP contribution in [0.2, 0.25) is 0 Å². The molecule has 5 heteroatoms. The van der Waals surface area contributed by atoms with Crippen LogP contribution in [-0.2, 0) is 0 Å². The zero-order valence-corrected chi connectivity index (χ0v) is 13.5. The van der Waals surface area contributed by atoms with E-state index in [1.54, 1.807) is 12.1 Å². The van der Waals surface area contributed by atoms with Gasteiger partial charge in [0.05, 0.1) is 5.69 Å². The molecule has 0 aliphatic heterocycles. The summed E-state index contributed by atoms with van der Waals surface area (Å²) in [4.78, 5) is 9.12. The molecule has 0 saturated heterocycles. The maximum Gasteiger partial charge on any atom is 0.134 e. The highest BCUT2D eigenvalue weighted by molar-refractivity contribution is 9.10. The standard InChI is InChI=1S/C16H17BrFN3/c1-2-7-19-15-9-14(20-16(21-15)10-3-4-10)12-8-11(17)5-6-13(12)18/h5-6,8-10H,2-4,7H2,1H3,(H,19,20,21). The van der Waals surface area contributed by atoms with E-state index >= 15 is 0 Å². The first-order valence-electron chi connectivity index (χ1n) is 7.25. The highest BCUT2D eigenvalue weighted by Gasteiger charge is 2.27. The van der Waals surface area contributed by atoms with E-state index in [0.29, 0.717) is 17.2 Å². The lowest BCUT2D eigenvalue weighted by Crippen LogP contribution is -2.06. The Balaban J connectivity index is 2.03. The summed E-state index contributed by atoms with van der Waals surface area (Å²) >= 11 is 3.39. The van der Waals surface area contributed by atoms with Gasteiger partial charge in [-0.25, -0.2) is 14.4 Å². The summed E-state index contributed by atoms with van der Waals surface area (Å²) in [6.07, 6.45) is 3.26. The Kier molecular flexibility index (Phi) is 4.19. The van der Waals surface area contributed by atoms with E-state index in [1.165, 1.54) is 6.07 Å². The van der Waals surface area contributed by atoms with Crippen LogP contribution in [0.5, 0.6) is 0 Å². The van der Waals surface area contributed by atoms with Crippen molar-refractivity contribution in [2.75, 3.05) is 11.9 Å². The van der Waals surface area contributed by atoms with Crippen molar-refractivity contribution in [3.8, 4) is 11.3 Å². The fourth-order valence-electron chi connectivity index (χ4n) is 2.17. The number of benzene rings is 1. The Labute approximate surface area is 132 Å². The molecule has 110 valence electrons. The molecular formula is C16H17BrFN3. The first-order chi connectivity index (χ1) is 10.2. The molecule has 21 heavy (non-hydrogen) atoms. The van der Waals surface area contributed by atoms with Gasteiger partial charge >= 0.3 is 0 Å². The van der Waals surface area contributed by atoms with Crippen LogP contribution >= 0.6 is 15.9 Å². The molecule has 1 saturated carbocycles. The molecule has 1 aromatic heterocycles. The second-order valence-electron chi connectivity index (χ2n) is 5.32. The van der Waals surface area contributed by atoms with E-state index in [4.69, 9.17) is 0 Å². The second kappa shape index (κ2) is 6.10. The van der Waals surface area contributed by atoms with Crippen molar-refractivity contribution >= 4 is 21.7 Å². The molecule has 1 aliphatic rings. The number of halogens is 2. The summed E-state index contributed by atoms with van der Waals surface area (Å²) in [5, 5.41) is 3.28. The van der Waals surface area contributed by atoms with Crippen molar-refractivity contribution in [2.45, 2.75) is 32.1 Å². The smallest absolute Gasteiger partial charge is 0.134 e. The van der Waals surface area contributed by atoms with Crippen LogP contribution in [0.4, 0.5) is 10.2 Å². The van der Waals surface area contributed by atoms with E-state index in [1.807, 2.05) is 6.07 Å². The molecule has 0 amide bonds. The lowest BCUT2D eigenvalue weighted by molar-refractivity contribution is 0.630. The predicted molar refractivity (Wildman–Crippen MR) is 85.9 cm³/mol. The largest absolute Gasteiger partial charge is 0.370 e. The number of anilines is 1. The highest BCUT2D eigenvalue weighted by atomic mass is 79.9. The van der Waals surface area contributed by atoms with Crippen molar-refractivity contribution in [3.05, 3.63) is 40.4 Å². The van der Waals surface area contributed by atoms with Gasteiger partial charge in [0.25, 0.3) is 0 Å². The Hall–Kier alpha value is -1.49. The first-order valence-corrected chi connectivity index (χ1v) is 8.05. The summed E-state index contributed by atoms with van der Waals surface area (Å²) in [6.45, 7) is 2.95. The van der Waals surface area contributed by atoms with Gasteiger partial charge in [0.2, 0.25) is 0 Å². The molecule has 0 radical (unpaired) electrons. The SMILES string of the molecule is CCCNc1cc(-c2cc(Br)ccc2F)nc(C2CC2)n1. The Bertz CT molecular complexity index is 656. The van der Waals surface area contributed by atoms with Crippen LogP contribution in [0.3, 0.4) is 0 Å². The topological polar surface area (TPSA) is 37.8 Å². The van der Waals surface area contributed by atoms with Gasteiger partial charge in [0.1, 0.15) is 17.5 Å². The third-order valence-electron chi connectivity index (χ3n) is 3.45. The summed E-state index contributed by atoms with van der Waals surface area (Å²) in [6, 6.07) is 6.74. The Morgan fingerprint density at radius 1 is 1.29 bits per heavy atom. The number of aromatic nitrogens is 2. The molecule has 1 fully saturated rings. The van der Waals surface area contributed by atoms with Crippen molar-refractivity contribution in [3.63, 3.8) is 0 Å². The van der Waals surface area contributed by atoms with Gasteiger partial charge in [0, 0.05) is 28.6 Å². The second-order valence-corrected chi connectivity index (χ2v) is 6.24. The van der Waals surface area contributed by atoms with Crippen molar-refractivity contribution in [1.29, 1.82) is 0 Å². The van der Waals surface area contributed by atoms with Crippen LogP contribution in [0.15, 0.2) is 28.7 Å². The van der Waals surface area contributed by atoms with Gasteiger partial charge in [-0.15, -0.1) is 0 Å². The summed E-state index contributed by atoms with van der Waals surface area (Å²) in [5.41, 5.74) is 1.15. The molecule has 0 unspecified atom stereocenters. The quantitative estimate of drug-likeness (QED) is 0.846. The molecule has 1 N–H and O–H groups in total. The van der Waals surface area contributed by atoms with Gasteiger partial charge < -0.3 is 5.32 Å². The number of hydrogen-bond donors (Lipinski definition) is 1. The average molecular weight is 350 g/mol. The molecule has 0 spiro atoms. The van der Waals surface area contributed by atoms with E-state index in [9.17, 15) is 4.39 Å². The lowest BCUT2D eigenvalue weighted by atomic mass is 10.1. The number of nitrogens with zero attached hydrogens (tertiary/aromatic N) is 2. The van der Waals surface area contributed by atoms with Crippen LogP contribution < -0.4 is 5.32 Å². The average Bonchev–Trinajstić information content (AvgIpc) is 3.32. The minimum atomic E-state index is -0.264. The lowest BCUT2D eigenvalue weighted by Gasteiger charge is -2.10.